The van der Waals surface area contributed by atoms with Crippen LogP contribution in [0.5, 0.6) is 0 Å². The van der Waals surface area contributed by atoms with Crippen molar-refractivity contribution in [1.29, 1.82) is 0 Å². The van der Waals surface area contributed by atoms with Crippen LogP contribution in [-0.2, 0) is 0 Å². The molecule has 0 aromatic rings. The zero-order chi connectivity index (χ0) is 14.0. The van der Waals surface area contributed by atoms with Gasteiger partial charge in [-0.15, -0.1) is 0 Å². The minimum atomic E-state index is 0.855. The van der Waals surface area contributed by atoms with Gasteiger partial charge >= 0.3 is 0 Å². The highest BCUT2D eigenvalue weighted by Crippen LogP contribution is 2.31. The van der Waals surface area contributed by atoms with Crippen LogP contribution in [-0.4, -0.2) is 0 Å². The molecule has 0 N–H and O–H groups in total. The number of rotatable bonds is 11. The van der Waals surface area contributed by atoms with Gasteiger partial charge in [0.1, 0.15) is 0 Å². The Morgan fingerprint density at radius 1 is 0.722 bits per heavy atom. The summed E-state index contributed by atoms with van der Waals surface area (Å²) in [6, 6.07) is 0. The van der Waals surface area contributed by atoms with Crippen LogP contribution in [0.2, 0.25) is 0 Å². The second-order valence-electron chi connectivity index (χ2n) is 6.67. The zero-order valence-electron chi connectivity index (χ0n) is 14.0. The van der Waals surface area contributed by atoms with Crippen LogP contribution in [0.25, 0.3) is 0 Å². The molecule has 0 fully saturated rings. The van der Waals surface area contributed by atoms with Crippen molar-refractivity contribution in [2.45, 2.75) is 92.9 Å². The molecule has 3 atom stereocenters. The molecule has 0 radical (unpaired) electrons. The van der Waals surface area contributed by atoms with Gasteiger partial charge in [0.2, 0.25) is 0 Å². The van der Waals surface area contributed by atoms with Crippen molar-refractivity contribution in [2.75, 3.05) is 0 Å². The molecule has 0 aromatic heterocycles. The number of hydrogen-bond acceptors (Lipinski definition) is 0. The van der Waals surface area contributed by atoms with E-state index in [1.807, 2.05) is 0 Å². The van der Waals surface area contributed by atoms with Gasteiger partial charge in [0.15, 0.2) is 0 Å². The smallest absolute Gasteiger partial charge is 0.0365 e. The average Bonchev–Trinajstić information content (AvgIpc) is 2.35. The molecule has 0 bridgehead atoms. The van der Waals surface area contributed by atoms with Gasteiger partial charge in [0.25, 0.3) is 0 Å². The van der Waals surface area contributed by atoms with E-state index in [9.17, 15) is 0 Å². The van der Waals surface area contributed by atoms with Crippen LogP contribution in [0, 0.1) is 23.7 Å². The van der Waals surface area contributed by atoms with Crippen molar-refractivity contribution >= 4 is 0 Å². The third kappa shape index (κ3) is 7.44. The molecule has 110 valence electrons. The van der Waals surface area contributed by atoms with Gasteiger partial charge in [-0.05, 0) is 30.1 Å². The highest BCUT2D eigenvalue weighted by molar-refractivity contribution is 4.71. The topological polar surface area (TPSA) is 0 Å². The minimum absolute atomic E-state index is 0.855. The monoisotopic (exact) mass is 254 g/mol. The molecule has 0 aromatic carbocycles. The van der Waals surface area contributed by atoms with Gasteiger partial charge in [0, 0.05) is 0 Å². The fourth-order valence-corrected chi connectivity index (χ4v) is 3.34. The van der Waals surface area contributed by atoms with E-state index >= 15 is 0 Å². The number of unbranched alkanes of at least 4 members (excludes halogenated alkanes) is 1. The minimum Gasteiger partial charge on any atom is -0.0654 e. The Balaban J connectivity index is 4.18. The standard InChI is InChI=1S/C18H38/c1-7-10-12-17(11-8-2)13-14-18(15(4)5)16(6)9-3/h15-18H,7-14H2,1-6H3. The summed E-state index contributed by atoms with van der Waals surface area (Å²) >= 11 is 0. The van der Waals surface area contributed by atoms with E-state index in [0.717, 1.165) is 23.7 Å². The molecule has 0 aliphatic carbocycles. The summed E-state index contributed by atoms with van der Waals surface area (Å²) in [6.45, 7) is 14.3. The average molecular weight is 255 g/mol. The van der Waals surface area contributed by atoms with Crippen LogP contribution >= 0.6 is 0 Å². The van der Waals surface area contributed by atoms with E-state index in [2.05, 4.69) is 41.5 Å². The maximum absolute atomic E-state index is 2.45. The molecule has 0 saturated carbocycles. The van der Waals surface area contributed by atoms with Gasteiger partial charge in [-0.1, -0.05) is 86.5 Å². The molecule has 0 rings (SSSR count). The Bertz CT molecular complexity index is 171. The largest absolute Gasteiger partial charge is 0.0654 e. The molecule has 3 unspecified atom stereocenters. The Morgan fingerprint density at radius 3 is 1.83 bits per heavy atom. The summed E-state index contributed by atoms with van der Waals surface area (Å²) < 4.78 is 0. The first-order valence-corrected chi connectivity index (χ1v) is 8.56. The lowest BCUT2D eigenvalue weighted by Gasteiger charge is -2.28. The molecular weight excluding hydrogens is 216 g/mol. The Hall–Kier alpha value is 0. The summed E-state index contributed by atoms with van der Waals surface area (Å²) in [4.78, 5) is 0. The summed E-state index contributed by atoms with van der Waals surface area (Å²) in [7, 11) is 0. The molecule has 0 spiro atoms. The normalized spacial score (nSPS) is 16.8. The van der Waals surface area contributed by atoms with Crippen molar-refractivity contribution in [2.24, 2.45) is 23.7 Å². The van der Waals surface area contributed by atoms with Gasteiger partial charge in [0.05, 0.1) is 0 Å². The van der Waals surface area contributed by atoms with Crippen molar-refractivity contribution in [3.63, 3.8) is 0 Å². The molecule has 0 heterocycles. The van der Waals surface area contributed by atoms with Gasteiger partial charge in [-0.3, -0.25) is 0 Å². The first kappa shape index (κ1) is 18.0. The van der Waals surface area contributed by atoms with Gasteiger partial charge in [-0.2, -0.15) is 0 Å². The predicted molar refractivity (Wildman–Crippen MR) is 84.9 cm³/mol. The first-order valence-electron chi connectivity index (χ1n) is 8.56. The molecule has 18 heavy (non-hydrogen) atoms. The predicted octanol–water partition coefficient (Wildman–Crippen LogP) is 6.69. The van der Waals surface area contributed by atoms with Crippen LogP contribution in [0.15, 0.2) is 0 Å². The highest BCUT2D eigenvalue weighted by atomic mass is 14.3. The van der Waals surface area contributed by atoms with E-state index in [1.54, 1.807) is 0 Å². The van der Waals surface area contributed by atoms with Crippen molar-refractivity contribution in [3.05, 3.63) is 0 Å². The molecule has 0 aliphatic heterocycles. The Labute approximate surface area is 117 Å². The van der Waals surface area contributed by atoms with E-state index in [0.29, 0.717) is 0 Å². The molecule has 0 amide bonds. The number of hydrogen-bond donors (Lipinski definition) is 0. The van der Waals surface area contributed by atoms with Gasteiger partial charge < -0.3 is 0 Å². The van der Waals surface area contributed by atoms with E-state index in [4.69, 9.17) is 0 Å². The molecule has 0 saturated heterocycles. The molecular formula is C18H38. The van der Waals surface area contributed by atoms with Crippen molar-refractivity contribution in [1.82, 2.24) is 0 Å². The zero-order valence-corrected chi connectivity index (χ0v) is 14.0. The van der Waals surface area contributed by atoms with Crippen LogP contribution in [0.4, 0.5) is 0 Å². The van der Waals surface area contributed by atoms with E-state index in [-0.39, 0.29) is 0 Å². The summed E-state index contributed by atoms with van der Waals surface area (Å²) in [5.74, 6) is 3.70. The fourth-order valence-electron chi connectivity index (χ4n) is 3.34. The van der Waals surface area contributed by atoms with Crippen molar-refractivity contribution < 1.29 is 0 Å². The quantitative estimate of drug-likeness (QED) is 0.385. The Morgan fingerprint density at radius 2 is 1.39 bits per heavy atom. The summed E-state index contributed by atoms with van der Waals surface area (Å²) in [5, 5.41) is 0. The summed E-state index contributed by atoms with van der Waals surface area (Å²) in [6.07, 6.45) is 11.4. The summed E-state index contributed by atoms with van der Waals surface area (Å²) in [5.41, 5.74) is 0. The lowest BCUT2D eigenvalue weighted by Crippen LogP contribution is -2.18. The van der Waals surface area contributed by atoms with Gasteiger partial charge in [-0.25, -0.2) is 0 Å². The lowest BCUT2D eigenvalue weighted by molar-refractivity contribution is 0.222. The van der Waals surface area contributed by atoms with Crippen LogP contribution in [0.1, 0.15) is 92.9 Å². The second kappa shape index (κ2) is 10.9. The lowest BCUT2D eigenvalue weighted by atomic mass is 9.77. The first-order chi connectivity index (χ1) is 8.56. The SMILES string of the molecule is CCCCC(CCC)CCC(C(C)C)C(C)CC. The van der Waals surface area contributed by atoms with Crippen LogP contribution < -0.4 is 0 Å². The maximum Gasteiger partial charge on any atom is -0.0365 e. The van der Waals surface area contributed by atoms with Crippen molar-refractivity contribution in [3.8, 4) is 0 Å². The third-order valence-electron chi connectivity index (χ3n) is 4.80. The maximum atomic E-state index is 2.45. The molecule has 0 heteroatoms. The van der Waals surface area contributed by atoms with E-state index < -0.39 is 0 Å². The van der Waals surface area contributed by atoms with E-state index in [1.165, 1.54) is 51.4 Å². The highest BCUT2D eigenvalue weighted by Gasteiger charge is 2.20. The Kier molecular flexibility index (Phi) is 10.9. The molecule has 0 aliphatic rings. The second-order valence-corrected chi connectivity index (χ2v) is 6.67. The fraction of sp³-hybridized carbons (Fsp3) is 1.00. The van der Waals surface area contributed by atoms with Crippen LogP contribution in [0.3, 0.4) is 0 Å². The molecule has 0 nitrogen and oxygen atoms in total. The third-order valence-corrected chi connectivity index (χ3v) is 4.80.